The molecule has 0 heterocycles. The molecule has 0 amide bonds. The van der Waals surface area contributed by atoms with Crippen LogP contribution in [0.2, 0.25) is 19.6 Å². The van der Waals surface area contributed by atoms with Crippen LogP contribution in [0, 0.1) is 5.92 Å². The molecule has 0 aromatic heterocycles. The summed E-state index contributed by atoms with van der Waals surface area (Å²) in [6.07, 6.45) is 9.77. The van der Waals surface area contributed by atoms with E-state index >= 15 is 0 Å². The number of benzene rings is 2. The van der Waals surface area contributed by atoms with Crippen LogP contribution < -0.4 is 24.8 Å². The zero-order valence-electron chi connectivity index (χ0n) is 20.6. The first-order valence-electron chi connectivity index (χ1n) is 12.2. The molecule has 0 bridgehead atoms. The van der Waals surface area contributed by atoms with Crippen molar-refractivity contribution in [3.63, 3.8) is 0 Å². The zero-order chi connectivity index (χ0) is 21.8. The van der Waals surface area contributed by atoms with Gasteiger partial charge in [0.25, 0.3) is 0 Å². The van der Waals surface area contributed by atoms with Crippen molar-refractivity contribution >= 4 is 11.3 Å². The van der Waals surface area contributed by atoms with E-state index in [1.54, 1.807) is 21.9 Å². The Labute approximate surface area is 222 Å². The number of halogens is 2. The molecule has 1 saturated carbocycles. The first-order chi connectivity index (χ1) is 14.9. The van der Waals surface area contributed by atoms with Crippen molar-refractivity contribution in [1.29, 1.82) is 0 Å². The monoisotopic (exact) mass is 572 g/mol. The maximum atomic E-state index is 2.69. The van der Waals surface area contributed by atoms with E-state index in [1.807, 2.05) is 6.49 Å². The second kappa shape index (κ2) is 10.6. The van der Waals surface area contributed by atoms with E-state index in [0.29, 0.717) is 9.54 Å². The Morgan fingerprint density at radius 1 is 0.788 bits per heavy atom. The maximum Gasteiger partial charge on any atom is -1.00 e. The Bertz CT molecular complexity index is 1080. The molecule has 3 aliphatic rings. The molecule has 1 atom stereocenters. The smallest absolute Gasteiger partial charge is 1.00 e. The predicted molar refractivity (Wildman–Crippen MR) is 135 cm³/mol. The molecule has 0 aliphatic heterocycles. The molecule has 1 fully saturated rings. The SMILES string of the molecule is CC1=[C]([Zr+2](=[C]2CCCCC2)[CH]2c3ccccc3-c3ccccc32)C(C)C=C1[Si](C)(C)C.[Cl-].[Cl-]. The molecule has 5 rings (SSSR count). The van der Waals surface area contributed by atoms with Gasteiger partial charge in [0.15, 0.2) is 0 Å². The molecule has 1 unspecified atom stereocenters. The van der Waals surface area contributed by atoms with Crippen LogP contribution in [0.4, 0.5) is 0 Å². The predicted octanol–water partition coefficient (Wildman–Crippen LogP) is 2.25. The number of hydrogen-bond donors (Lipinski definition) is 0. The Balaban J connectivity index is 0.00000153. The van der Waals surface area contributed by atoms with Gasteiger partial charge in [-0.15, -0.1) is 0 Å². The van der Waals surface area contributed by atoms with Crippen LogP contribution in [0.25, 0.3) is 11.1 Å². The largest absolute Gasteiger partial charge is 1.00 e. The maximum absolute atomic E-state index is 2.69. The molecule has 4 heteroatoms. The van der Waals surface area contributed by atoms with Gasteiger partial charge in [-0.1, -0.05) is 0 Å². The summed E-state index contributed by atoms with van der Waals surface area (Å²) in [6, 6.07) is 18.7. The van der Waals surface area contributed by atoms with Gasteiger partial charge in [-0.2, -0.15) is 0 Å². The first kappa shape index (κ1) is 27.1. The molecule has 33 heavy (non-hydrogen) atoms. The minimum Gasteiger partial charge on any atom is -1.00 e. The number of allylic oxidation sites excluding steroid dienone is 4. The molecular formula is C29H36Cl2SiZr. The summed E-state index contributed by atoms with van der Waals surface area (Å²) < 4.78 is 4.63. The van der Waals surface area contributed by atoms with Gasteiger partial charge in [-0.25, -0.2) is 0 Å². The van der Waals surface area contributed by atoms with Crippen LogP contribution in [-0.4, -0.2) is 11.3 Å². The summed E-state index contributed by atoms with van der Waals surface area (Å²) in [5, 5.41) is 1.75. The van der Waals surface area contributed by atoms with Gasteiger partial charge in [0.05, 0.1) is 0 Å². The standard InChI is InChI=1S/C13H9.C10H17Si.C6H10.2ClH.Zr/c1-3-7-12-10(5-1)9-11-6-2-4-8-13(11)12;1-8-6-9(2)10(7-8)11(3,4)5;1-2-4-6-5-3-1;;;/h1-9H;7-8H,1-5H3;1-5H2;2*1H;/q;;;;;+2/p-2. The second-order valence-corrected chi connectivity index (χ2v) is 22.4. The van der Waals surface area contributed by atoms with Crippen LogP contribution >= 0.6 is 0 Å². The van der Waals surface area contributed by atoms with Gasteiger partial charge < -0.3 is 24.8 Å². The third-order valence-corrected chi connectivity index (χ3v) is 19.4. The van der Waals surface area contributed by atoms with E-state index < -0.39 is 29.3 Å². The van der Waals surface area contributed by atoms with E-state index in [2.05, 4.69) is 88.1 Å². The van der Waals surface area contributed by atoms with E-state index in [1.165, 1.54) is 43.2 Å². The molecular weight excluding hydrogens is 539 g/mol. The Morgan fingerprint density at radius 3 is 1.79 bits per heavy atom. The van der Waals surface area contributed by atoms with E-state index in [4.69, 9.17) is 0 Å². The van der Waals surface area contributed by atoms with Gasteiger partial charge in [0.1, 0.15) is 0 Å². The van der Waals surface area contributed by atoms with Crippen molar-refractivity contribution in [1.82, 2.24) is 0 Å². The first-order valence-corrected chi connectivity index (χ1v) is 19.6. The quantitative estimate of drug-likeness (QED) is 0.494. The fourth-order valence-electron chi connectivity index (χ4n) is 6.47. The molecule has 0 N–H and O–H groups in total. The second-order valence-electron chi connectivity index (χ2n) is 10.8. The normalized spacial score (nSPS) is 19.7. The summed E-state index contributed by atoms with van der Waals surface area (Å²) in [5.41, 5.74) is 8.04. The van der Waals surface area contributed by atoms with E-state index in [-0.39, 0.29) is 24.8 Å². The molecule has 0 nitrogen and oxygen atoms in total. The minimum atomic E-state index is -2.14. The molecule has 0 spiro atoms. The molecule has 2 aromatic carbocycles. The Morgan fingerprint density at radius 2 is 1.30 bits per heavy atom. The van der Waals surface area contributed by atoms with Crippen LogP contribution in [0.1, 0.15) is 60.7 Å². The summed E-state index contributed by atoms with van der Waals surface area (Å²) in [7, 11) is -1.32. The summed E-state index contributed by atoms with van der Waals surface area (Å²) >= 11 is -2.14. The van der Waals surface area contributed by atoms with Crippen molar-refractivity contribution in [3.05, 3.63) is 79.8 Å². The topological polar surface area (TPSA) is 0 Å². The van der Waals surface area contributed by atoms with Gasteiger partial charge in [-0.3, -0.25) is 0 Å². The van der Waals surface area contributed by atoms with Gasteiger partial charge in [0, 0.05) is 0 Å². The van der Waals surface area contributed by atoms with Crippen molar-refractivity contribution in [2.75, 3.05) is 0 Å². The third kappa shape index (κ3) is 4.80. The minimum absolute atomic E-state index is 0. The van der Waals surface area contributed by atoms with Crippen LogP contribution in [0.5, 0.6) is 0 Å². The van der Waals surface area contributed by atoms with Crippen molar-refractivity contribution < 1.29 is 46.1 Å². The molecule has 2 aromatic rings. The average Bonchev–Trinajstić information content (AvgIpc) is 3.25. The van der Waals surface area contributed by atoms with E-state index in [0.717, 1.165) is 0 Å². The molecule has 174 valence electrons. The Kier molecular flexibility index (Phi) is 8.70. The fraction of sp³-hybridized carbons (Fsp3) is 0.414. The number of hydrogen-bond acceptors (Lipinski definition) is 0. The van der Waals surface area contributed by atoms with Gasteiger partial charge >= 0.3 is 199 Å². The van der Waals surface area contributed by atoms with Crippen LogP contribution in [0.3, 0.4) is 0 Å². The summed E-state index contributed by atoms with van der Waals surface area (Å²) in [4.78, 5) is 0. The summed E-state index contributed by atoms with van der Waals surface area (Å²) in [6.45, 7) is 12.6. The number of rotatable bonds is 3. The zero-order valence-corrected chi connectivity index (χ0v) is 25.6. The Hall–Kier alpha value is -0.530. The van der Waals surface area contributed by atoms with Gasteiger partial charge in [-0.05, 0) is 0 Å². The molecule has 0 saturated heterocycles. The number of fused-ring (bicyclic) bond motifs is 3. The van der Waals surface area contributed by atoms with Crippen molar-refractivity contribution in [2.45, 2.75) is 69.2 Å². The van der Waals surface area contributed by atoms with Crippen LogP contribution in [-0.2, 0) is 21.3 Å². The molecule has 3 aliphatic carbocycles. The van der Waals surface area contributed by atoms with Crippen molar-refractivity contribution in [2.24, 2.45) is 5.92 Å². The molecule has 0 radical (unpaired) electrons. The van der Waals surface area contributed by atoms with Gasteiger partial charge in [0.2, 0.25) is 0 Å². The summed E-state index contributed by atoms with van der Waals surface area (Å²) in [5.74, 6) is 0.644. The fourth-order valence-corrected chi connectivity index (χ4v) is 19.2. The van der Waals surface area contributed by atoms with Crippen LogP contribution in [0.15, 0.2) is 68.7 Å². The average molecular weight is 575 g/mol. The van der Waals surface area contributed by atoms with E-state index in [9.17, 15) is 0 Å². The van der Waals surface area contributed by atoms with Crippen molar-refractivity contribution in [3.8, 4) is 11.1 Å². The third-order valence-electron chi connectivity index (χ3n) is 7.74.